The minimum absolute atomic E-state index is 0.517. The molecule has 0 radical (unpaired) electrons. The molecule has 1 aliphatic heterocycles. The van der Waals surface area contributed by atoms with Gasteiger partial charge in [-0.1, -0.05) is 12.1 Å². The fraction of sp³-hybridized carbons (Fsp3) is 0.455. The molecule has 4 nitrogen and oxygen atoms in total. The van der Waals surface area contributed by atoms with Crippen molar-refractivity contribution in [3.63, 3.8) is 0 Å². The monoisotopic (exact) mass is 208 g/mol. The molecule has 0 saturated carbocycles. The van der Waals surface area contributed by atoms with Crippen molar-refractivity contribution >= 4 is 0 Å². The van der Waals surface area contributed by atoms with Gasteiger partial charge in [-0.15, -0.1) is 0 Å². The highest BCUT2D eigenvalue weighted by Gasteiger charge is 2.20. The topological polar surface area (TPSA) is 44.7 Å². The third-order valence-corrected chi connectivity index (χ3v) is 2.59. The number of aliphatic hydroxyl groups is 1. The zero-order valence-electron chi connectivity index (χ0n) is 8.81. The number of benzene rings is 1. The van der Waals surface area contributed by atoms with E-state index in [9.17, 15) is 5.11 Å². The molecule has 1 aliphatic rings. The Bertz CT molecular complexity index is 330. The van der Waals surface area contributed by atoms with Gasteiger partial charge in [0.2, 0.25) is 0 Å². The van der Waals surface area contributed by atoms with E-state index in [0.29, 0.717) is 0 Å². The highest BCUT2D eigenvalue weighted by Crippen LogP contribution is 2.15. The van der Waals surface area contributed by atoms with Gasteiger partial charge in [0.05, 0.1) is 7.11 Å². The van der Waals surface area contributed by atoms with Gasteiger partial charge < -0.3 is 9.84 Å². The second-order valence-corrected chi connectivity index (χ2v) is 3.65. The van der Waals surface area contributed by atoms with Crippen LogP contribution in [-0.2, 0) is 6.54 Å². The van der Waals surface area contributed by atoms with Crippen molar-refractivity contribution in [1.29, 1.82) is 0 Å². The number of hydrogen-bond donors (Lipinski definition) is 2. The molecule has 0 spiro atoms. The molecule has 0 bridgehead atoms. The lowest BCUT2D eigenvalue weighted by atomic mass is 10.2. The number of methoxy groups -OCH3 is 1. The highest BCUT2D eigenvalue weighted by atomic mass is 16.5. The van der Waals surface area contributed by atoms with Gasteiger partial charge in [-0.3, -0.25) is 10.2 Å². The van der Waals surface area contributed by atoms with Crippen LogP contribution in [0.5, 0.6) is 5.75 Å². The summed E-state index contributed by atoms with van der Waals surface area (Å²) in [6, 6.07) is 7.91. The second-order valence-electron chi connectivity index (χ2n) is 3.65. The number of ether oxygens (including phenoxy) is 1. The average Bonchev–Trinajstić information content (AvgIpc) is 2.65. The Labute approximate surface area is 89.5 Å². The SMILES string of the molecule is COc1cccc(CN2CCNC2O)c1. The van der Waals surface area contributed by atoms with E-state index in [4.69, 9.17) is 4.74 Å². The first kappa shape index (κ1) is 10.4. The molecule has 2 rings (SSSR count). The standard InChI is InChI=1S/C11H16N2O2/c1-15-10-4-2-3-9(7-10)8-13-6-5-12-11(13)14/h2-4,7,11-12,14H,5-6,8H2,1H3. The van der Waals surface area contributed by atoms with Crippen LogP contribution in [0.4, 0.5) is 0 Å². The van der Waals surface area contributed by atoms with Crippen LogP contribution in [0.2, 0.25) is 0 Å². The first-order valence-corrected chi connectivity index (χ1v) is 5.08. The Morgan fingerprint density at radius 3 is 3.13 bits per heavy atom. The van der Waals surface area contributed by atoms with Gasteiger partial charge in [0.1, 0.15) is 5.75 Å². The maximum atomic E-state index is 9.56. The molecule has 82 valence electrons. The van der Waals surface area contributed by atoms with Crippen molar-refractivity contribution in [1.82, 2.24) is 10.2 Å². The third kappa shape index (κ3) is 2.47. The van der Waals surface area contributed by atoms with E-state index < -0.39 is 6.35 Å². The predicted octanol–water partition coefficient (Wildman–Crippen LogP) is 0.376. The van der Waals surface area contributed by atoms with Gasteiger partial charge in [-0.25, -0.2) is 0 Å². The van der Waals surface area contributed by atoms with Gasteiger partial charge in [0.25, 0.3) is 0 Å². The van der Waals surface area contributed by atoms with E-state index in [1.807, 2.05) is 29.2 Å². The van der Waals surface area contributed by atoms with Crippen LogP contribution in [0.3, 0.4) is 0 Å². The lowest BCUT2D eigenvalue weighted by Crippen LogP contribution is -2.34. The lowest BCUT2D eigenvalue weighted by Gasteiger charge is -2.19. The largest absolute Gasteiger partial charge is 0.497 e. The Morgan fingerprint density at radius 1 is 1.60 bits per heavy atom. The summed E-state index contributed by atoms with van der Waals surface area (Å²) in [5, 5.41) is 12.5. The summed E-state index contributed by atoms with van der Waals surface area (Å²) < 4.78 is 5.15. The van der Waals surface area contributed by atoms with Crippen LogP contribution in [0.1, 0.15) is 5.56 Å². The maximum Gasteiger partial charge on any atom is 0.163 e. The molecular formula is C11H16N2O2. The molecule has 1 atom stereocenters. The minimum atomic E-state index is -0.517. The molecule has 0 amide bonds. The number of aliphatic hydroxyl groups excluding tert-OH is 1. The van der Waals surface area contributed by atoms with E-state index in [1.165, 1.54) is 0 Å². The Kier molecular flexibility index (Phi) is 3.20. The molecule has 0 aromatic heterocycles. The summed E-state index contributed by atoms with van der Waals surface area (Å²) in [5.74, 6) is 0.856. The summed E-state index contributed by atoms with van der Waals surface area (Å²) in [6.07, 6.45) is -0.517. The normalized spacial score (nSPS) is 21.9. The van der Waals surface area contributed by atoms with Crippen molar-refractivity contribution in [2.75, 3.05) is 20.2 Å². The van der Waals surface area contributed by atoms with Crippen molar-refractivity contribution < 1.29 is 9.84 Å². The summed E-state index contributed by atoms with van der Waals surface area (Å²) in [5.41, 5.74) is 1.15. The zero-order valence-corrected chi connectivity index (χ0v) is 8.81. The number of hydrogen-bond acceptors (Lipinski definition) is 4. The summed E-state index contributed by atoms with van der Waals surface area (Å²) >= 11 is 0. The lowest BCUT2D eigenvalue weighted by molar-refractivity contribution is 0.0169. The summed E-state index contributed by atoms with van der Waals surface area (Å²) in [7, 11) is 1.66. The van der Waals surface area contributed by atoms with Gasteiger partial charge in [-0.05, 0) is 17.7 Å². The second kappa shape index (κ2) is 4.61. The zero-order chi connectivity index (χ0) is 10.7. The average molecular weight is 208 g/mol. The van der Waals surface area contributed by atoms with Crippen molar-refractivity contribution in [3.8, 4) is 5.75 Å². The number of rotatable bonds is 3. The smallest absolute Gasteiger partial charge is 0.163 e. The van der Waals surface area contributed by atoms with Crippen molar-refractivity contribution in [2.45, 2.75) is 12.9 Å². The molecule has 4 heteroatoms. The summed E-state index contributed by atoms with van der Waals surface area (Å²) in [4.78, 5) is 1.98. The number of nitrogens with one attached hydrogen (secondary N) is 1. The van der Waals surface area contributed by atoms with Crippen LogP contribution in [0, 0.1) is 0 Å². The molecule has 1 fully saturated rings. The van der Waals surface area contributed by atoms with Crippen LogP contribution >= 0.6 is 0 Å². The predicted molar refractivity (Wildman–Crippen MR) is 57.4 cm³/mol. The van der Waals surface area contributed by atoms with Gasteiger partial charge in [-0.2, -0.15) is 0 Å². The van der Waals surface area contributed by atoms with Gasteiger partial charge in [0, 0.05) is 19.6 Å². The van der Waals surface area contributed by atoms with Gasteiger partial charge >= 0.3 is 0 Å². The third-order valence-electron chi connectivity index (χ3n) is 2.59. The molecule has 2 N–H and O–H groups in total. The van der Waals surface area contributed by atoms with E-state index in [0.717, 1.165) is 30.9 Å². The fourth-order valence-electron chi connectivity index (χ4n) is 1.76. The molecule has 1 saturated heterocycles. The Balaban J connectivity index is 2.03. The van der Waals surface area contributed by atoms with Crippen LogP contribution in [0.15, 0.2) is 24.3 Å². The molecule has 1 heterocycles. The molecule has 1 unspecified atom stereocenters. The maximum absolute atomic E-state index is 9.56. The first-order chi connectivity index (χ1) is 7.29. The Hall–Kier alpha value is -1.10. The fourth-order valence-corrected chi connectivity index (χ4v) is 1.76. The van der Waals surface area contributed by atoms with E-state index >= 15 is 0 Å². The number of nitrogens with zero attached hydrogens (tertiary/aromatic N) is 1. The molecule has 0 aliphatic carbocycles. The molecular weight excluding hydrogens is 192 g/mol. The van der Waals surface area contributed by atoms with E-state index in [-0.39, 0.29) is 0 Å². The molecule has 1 aromatic rings. The van der Waals surface area contributed by atoms with Crippen molar-refractivity contribution in [3.05, 3.63) is 29.8 Å². The van der Waals surface area contributed by atoms with Crippen molar-refractivity contribution in [2.24, 2.45) is 0 Å². The van der Waals surface area contributed by atoms with Crippen LogP contribution < -0.4 is 10.1 Å². The first-order valence-electron chi connectivity index (χ1n) is 5.08. The van der Waals surface area contributed by atoms with E-state index in [1.54, 1.807) is 7.11 Å². The van der Waals surface area contributed by atoms with Gasteiger partial charge in [0.15, 0.2) is 6.35 Å². The Morgan fingerprint density at radius 2 is 2.47 bits per heavy atom. The quantitative estimate of drug-likeness (QED) is 0.753. The van der Waals surface area contributed by atoms with Crippen LogP contribution in [0.25, 0.3) is 0 Å². The molecule has 15 heavy (non-hydrogen) atoms. The molecule has 1 aromatic carbocycles. The highest BCUT2D eigenvalue weighted by molar-refractivity contribution is 5.28. The van der Waals surface area contributed by atoms with E-state index in [2.05, 4.69) is 5.32 Å². The minimum Gasteiger partial charge on any atom is -0.497 e. The van der Waals surface area contributed by atoms with Crippen LogP contribution in [-0.4, -0.2) is 36.6 Å². The summed E-state index contributed by atoms with van der Waals surface area (Å²) in [6.45, 7) is 2.45.